The molecule has 0 saturated carbocycles. The highest BCUT2D eigenvalue weighted by molar-refractivity contribution is 5.90. The molecule has 0 bridgehead atoms. The number of carbonyl (C=O) groups excluding carboxylic acids is 1. The second-order valence-corrected chi connectivity index (χ2v) is 4.32. The smallest absolute Gasteiger partial charge is 0.434 e. The van der Waals surface area contributed by atoms with Gasteiger partial charge < -0.3 is 4.74 Å². The highest BCUT2D eigenvalue weighted by Gasteiger charge is 2.41. The maximum absolute atomic E-state index is 13.3. The van der Waals surface area contributed by atoms with Crippen LogP contribution in [0.15, 0.2) is 29.2 Å². The SMILES string of the molecule is CCOC(=O)c1cnn(-c2cccc(=O)n2C)c1C(F)(F)F. The molecule has 0 fully saturated rings. The monoisotopic (exact) mass is 315 g/mol. The fourth-order valence-corrected chi connectivity index (χ4v) is 1.92. The van der Waals surface area contributed by atoms with E-state index in [1.165, 1.54) is 32.2 Å². The van der Waals surface area contributed by atoms with Crippen LogP contribution < -0.4 is 5.56 Å². The number of rotatable bonds is 3. The molecule has 2 aromatic rings. The summed E-state index contributed by atoms with van der Waals surface area (Å²) in [6.07, 6.45) is -4.07. The Bertz CT molecular complexity index is 762. The van der Waals surface area contributed by atoms with E-state index in [1.807, 2.05) is 0 Å². The van der Waals surface area contributed by atoms with E-state index in [2.05, 4.69) is 9.84 Å². The van der Waals surface area contributed by atoms with Crippen molar-refractivity contribution >= 4 is 5.97 Å². The number of nitrogens with zero attached hydrogens (tertiary/aromatic N) is 3. The molecule has 0 aliphatic rings. The second kappa shape index (κ2) is 5.66. The van der Waals surface area contributed by atoms with Crippen LogP contribution in [0.1, 0.15) is 23.0 Å². The van der Waals surface area contributed by atoms with Gasteiger partial charge >= 0.3 is 12.1 Å². The minimum atomic E-state index is -4.84. The van der Waals surface area contributed by atoms with Crippen LogP contribution in [-0.4, -0.2) is 26.9 Å². The van der Waals surface area contributed by atoms with E-state index in [1.54, 1.807) is 0 Å². The third kappa shape index (κ3) is 2.74. The molecule has 22 heavy (non-hydrogen) atoms. The average molecular weight is 315 g/mol. The molecule has 0 saturated heterocycles. The van der Waals surface area contributed by atoms with Crippen LogP contribution in [0.2, 0.25) is 0 Å². The van der Waals surface area contributed by atoms with Crippen molar-refractivity contribution < 1.29 is 22.7 Å². The zero-order valence-corrected chi connectivity index (χ0v) is 11.7. The van der Waals surface area contributed by atoms with E-state index < -0.39 is 29.0 Å². The Balaban J connectivity index is 2.70. The molecule has 0 spiro atoms. The third-order valence-corrected chi connectivity index (χ3v) is 2.91. The number of ether oxygens (including phenoxy) is 1. The van der Waals surface area contributed by atoms with Crippen molar-refractivity contribution in [1.82, 2.24) is 14.3 Å². The van der Waals surface area contributed by atoms with Gasteiger partial charge in [-0.15, -0.1) is 0 Å². The molecule has 0 amide bonds. The largest absolute Gasteiger partial charge is 0.462 e. The van der Waals surface area contributed by atoms with Crippen molar-refractivity contribution in [3.8, 4) is 5.82 Å². The number of alkyl halides is 3. The van der Waals surface area contributed by atoms with Crippen LogP contribution in [0.5, 0.6) is 0 Å². The number of aromatic nitrogens is 3. The molecule has 0 atom stereocenters. The third-order valence-electron chi connectivity index (χ3n) is 2.91. The number of esters is 1. The maximum Gasteiger partial charge on any atom is 0.434 e. The zero-order valence-electron chi connectivity index (χ0n) is 11.7. The van der Waals surface area contributed by atoms with Gasteiger partial charge in [-0.05, 0) is 13.0 Å². The summed E-state index contributed by atoms with van der Waals surface area (Å²) in [4.78, 5) is 23.2. The van der Waals surface area contributed by atoms with Gasteiger partial charge in [-0.3, -0.25) is 9.36 Å². The van der Waals surface area contributed by atoms with Gasteiger partial charge in [0.05, 0.1) is 12.8 Å². The first-order valence-electron chi connectivity index (χ1n) is 6.26. The number of hydrogen-bond acceptors (Lipinski definition) is 4. The number of hydrogen-bond donors (Lipinski definition) is 0. The van der Waals surface area contributed by atoms with Crippen LogP contribution in [0.3, 0.4) is 0 Å². The van der Waals surface area contributed by atoms with Crippen LogP contribution in [-0.2, 0) is 18.0 Å². The standard InChI is InChI=1S/C13H12F3N3O3/c1-3-22-12(21)8-7-17-19(11(8)13(14,15)16)9-5-4-6-10(20)18(9)2/h4-7H,3H2,1-2H3. The Morgan fingerprint density at radius 2 is 2.05 bits per heavy atom. The molecule has 0 N–H and O–H groups in total. The summed E-state index contributed by atoms with van der Waals surface area (Å²) < 4.78 is 46.0. The average Bonchev–Trinajstić information content (AvgIpc) is 2.87. The lowest BCUT2D eigenvalue weighted by molar-refractivity contribution is -0.143. The summed E-state index contributed by atoms with van der Waals surface area (Å²) in [5.41, 5.74) is -2.49. The molecule has 0 aliphatic carbocycles. The summed E-state index contributed by atoms with van der Waals surface area (Å²) >= 11 is 0. The molecule has 9 heteroatoms. The van der Waals surface area contributed by atoms with E-state index in [-0.39, 0.29) is 12.4 Å². The van der Waals surface area contributed by atoms with Crippen LogP contribution in [0.25, 0.3) is 5.82 Å². The molecule has 2 rings (SSSR count). The van der Waals surface area contributed by atoms with Gasteiger partial charge in [-0.1, -0.05) is 6.07 Å². The summed E-state index contributed by atoms with van der Waals surface area (Å²) in [5, 5.41) is 3.59. The first kappa shape index (κ1) is 15.8. The molecular formula is C13H12F3N3O3. The maximum atomic E-state index is 13.3. The Kier molecular flexibility index (Phi) is 4.07. The fourth-order valence-electron chi connectivity index (χ4n) is 1.92. The van der Waals surface area contributed by atoms with Gasteiger partial charge in [0.1, 0.15) is 11.4 Å². The van der Waals surface area contributed by atoms with Crippen molar-refractivity contribution in [3.63, 3.8) is 0 Å². The first-order valence-corrected chi connectivity index (χ1v) is 6.26. The van der Waals surface area contributed by atoms with Gasteiger partial charge in [-0.2, -0.15) is 18.3 Å². The molecule has 0 aromatic carbocycles. The number of carbonyl (C=O) groups is 1. The predicted molar refractivity (Wildman–Crippen MR) is 69.8 cm³/mol. The summed E-state index contributed by atoms with van der Waals surface area (Å²) in [6.45, 7) is 1.42. The zero-order chi connectivity index (χ0) is 16.5. The lowest BCUT2D eigenvalue weighted by Crippen LogP contribution is -2.24. The normalized spacial score (nSPS) is 11.5. The van der Waals surface area contributed by atoms with Crippen molar-refractivity contribution in [2.75, 3.05) is 6.61 Å². The van der Waals surface area contributed by atoms with Crippen molar-refractivity contribution in [2.45, 2.75) is 13.1 Å². The predicted octanol–water partition coefficient (Wildman–Crippen LogP) is 1.77. The van der Waals surface area contributed by atoms with E-state index >= 15 is 0 Å². The van der Waals surface area contributed by atoms with E-state index in [0.29, 0.717) is 4.68 Å². The Hall–Kier alpha value is -2.58. The van der Waals surface area contributed by atoms with Gasteiger partial charge in [-0.25, -0.2) is 9.48 Å². The second-order valence-electron chi connectivity index (χ2n) is 4.32. The quantitative estimate of drug-likeness (QED) is 0.810. The Morgan fingerprint density at radius 1 is 1.36 bits per heavy atom. The summed E-state index contributed by atoms with van der Waals surface area (Å²) in [5.74, 6) is -1.24. The molecule has 0 aliphatic heterocycles. The van der Waals surface area contributed by atoms with Crippen LogP contribution in [0.4, 0.5) is 13.2 Å². The van der Waals surface area contributed by atoms with E-state index in [0.717, 1.165) is 10.8 Å². The van der Waals surface area contributed by atoms with Gasteiger partial charge in [0, 0.05) is 13.1 Å². The molecule has 6 nitrogen and oxygen atoms in total. The highest BCUT2D eigenvalue weighted by Crippen LogP contribution is 2.33. The van der Waals surface area contributed by atoms with Crippen molar-refractivity contribution in [1.29, 1.82) is 0 Å². The lowest BCUT2D eigenvalue weighted by Gasteiger charge is -2.14. The Labute approximate surface area is 122 Å². The van der Waals surface area contributed by atoms with Gasteiger partial charge in [0.25, 0.3) is 5.56 Å². The molecule has 0 unspecified atom stereocenters. The van der Waals surface area contributed by atoms with E-state index in [9.17, 15) is 22.8 Å². The fraction of sp³-hybridized carbons (Fsp3) is 0.308. The molecule has 2 heterocycles. The topological polar surface area (TPSA) is 66.1 Å². The number of halogens is 3. The molecular weight excluding hydrogens is 303 g/mol. The highest BCUT2D eigenvalue weighted by atomic mass is 19.4. The van der Waals surface area contributed by atoms with Crippen molar-refractivity contribution in [3.05, 3.63) is 46.0 Å². The molecule has 118 valence electrons. The van der Waals surface area contributed by atoms with Crippen LogP contribution in [0, 0.1) is 0 Å². The minimum absolute atomic E-state index is 0.0644. The van der Waals surface area contributed by atoms with E-state index in [4.69, 9.17) is 0 Å². The summed E-state index contributed by atoms with van der Waals surface area (Å²) in [6, 6.07) is 3.80. The number of pyridine rings is 1. The van der Waals surface area contributed by atoms with Crippen molar-refractivity contribution in [2.24, 2.45) is 7.05 Å². The summed E-state index contributed by atoms with van der Waals surface area (Å²) in [7, 11) is 1.31. The minimum Gasteiger partial charge on any atom is -0.462 e. The van der Waals surface area contributed by atoms with Crippen LogP contribution >= 0.6 is 0 Å². The van der Waals surface area contributed by atoms with Gasteiger partial charge in [0.2, 0.25) is 0 Å². The molecule has 0 radical (unpaired) electrons. The van der Waals surface area contributed by atoms with Gasteiger partial charge in [0.15, 0.2) is 5.69 Å². The first-order chi connectivity index (χ1) is 10.3. The Morgan fingerprint density at radius 3 is 2.64 bits per heavy atom. The lowest BCUT2D eigenvalue weighted by atomic mass is 10.2. The molecule has 2 aromatic heterocycles.